The zero-order valence-electron chi connectivity index (χ0n) is 16.5. The maximum Gasteiger partial charge on any atom is 0.263 e. The molecule has 1 N–H and O–H groups in total. The Balaban J connectivity index is 1.95. The van der Waals surface area contributed by atoms with Crippen LogP contribution < -0.4 is 10.9 Å². The second-order valence-corrected chi connectivity index (χ2v) is 9.49. The van der Waals surface area contributed by atoms with Gasteiger partial charge in [0.1, 0.15) is 4.83 Å². The van der Waals surface area contributed by atoms with Gasteiger partial charge in [-0.1, -0.05) is 31.5 Å². The van der Waals surface area contributed by atoms with Gasteiger partial charge < -0.3 is 5.32 Å². The molecule has 7 heteroatoms. The molecule has 1 amide bonds. The Hall–Kier alpha value is -1.34. The predicted molar refractivity (Wildman–Crippen MR) is 114 cm³/mol. The number of carbonyl (C=O) groups is 1. The summed E-state index contributed by atoms with van der Waals surface area (Å²) in [6.45, 7) is 6.73. The van der Waals surface area contributed by atoms with Crippen molar-refractivity contribution >= 4 is 39.2 Å². The summed E-state index contributed by atoms with van der Waals surface area (Å²) >= 11 is 3.05. The minimum Gasteiger partial charge on any atom is -0.353 e. The van der Waals surface area contributed by atoms with E-state index in [0.29, 0.717) is 11.7 Å². The molecule has 3 rings (SSSR count). The summed E-state index contributed by atoms with van der Waals surface area (Å²) in [5.74, 6) is 0.268. The Bertz CT molecular complexity index is 870. The molecule has 1 aliphatic carbocycles. The lowest BCUT2D eigenvalue weighted by Gasteiger charge is -2.14. The Morgan fingerprint density at radius 3 is 2.81 bits per heavy atom. The number of rotatable bonds is 8. The van der Waals surface area contributed by atoms with Gasteiger partial charge in [0.05, 0.1) is 11.1 Å². The second-order valence-electron chi connectivity index (χ2n) is 7.46. The van der Waals surface area contributed by atoms with Crippen LogP contribution in [0.15, 0.2) is 9.95 Å². The Labute approximate surface area is 169 Å². The Kier molecular flexibility index (Phi) is 6.98. The van der Waals surface area contributed by atoms with Crippen LogP contribution in [-0.2, 0) is 24.2 Å². The number of unbranched alkanes of at least 4 members (excludes halogenated alkanes) is 2. The predicted octanol–water partition coefficient (Wildman–Crippen LogP) is 4.14. The van der Waals surface area contributed by atoms with Crippen LogP contribution in [0, 0.1) is 0 Å². The fourth-order valence-corrected chi connectivity index (χ4v) is 5.68. The highest BCUT2D eigenvalue weighted by Gasteiger charge is 2.22. The summed E-state index contributed by atoms with van der Waals surface area (Å²) < 4.78 is 1.81. The number of thioether (sulfide) groups is 1. The molecule has 0 saturated heterocycles. The van der Waals surface area contributed by atoms with Gasteiger partial charge >= 0.3 is 0 Å². The van der Waals surface area contributed by atoms with Crippen molar-refractivity contribution in [1.29, 1.82) is 0 Å². The van der Waals surface area contributed by atoms with Crippen molar-refractivity contribution < 1.29 is 4.79 Å². The minimum atomic E-state index is -0.0186. The first-order chi connectivity index (χ1) is 13.0. The molecular formula is C20H29N3O2S2. The highest BCUT2D eigenvalue weighted by molar-refractivity contribution is 7.99. The first kappa shape index (κ1) is 20.4. The number of thiophene rings is 1. The van der Waals surface area contributed by atoms with E-state index < -0.39 is 0 Å². The normalized spacial score (nSPS) is 13.9. The molecule has 0 saturated carbocycles. The smallest absolute Gasteiger partial charge is 0.263 e. The molecule has 0 radical (unpaired) electrons. The molecule has 2 aromatic rings. The summed E-state index contributed by atoms with van der Waals surface area (Å²) in [6, 6.07) is 0.115. The fraction of sp³-hybridized carbons (Fsp3) is 0.650. The van der Waals surface area contributed by atoms with Crippen molar-refractivity contribution in [3.05, 3.63) is 20.8 Å². The molecule has 0 unspecified atom stereocenters. The third-order valence-corrected chi connectivity index (χ3v) is 6.97. The van der Waals surface area contributed by atoms with E-state index in [-0.39, 0.29) is 23.3 Å². The summed E-state index contributed by atoms with van der Waals surface area (Å²) in [4.78, 5) is 32.4. The molecule has 0 bridgehead atoms. The number of aromatic nitrogens is 2. The summed E-state index contributed by atoms with van der Waals surface area (Å²) in [6.07, 6.45) is 7.56. The maximum atomic E-state index is 13.3. The largest absolute Gasteiger partial charge is 0.353 e. The van der Waals surface area contributed by atoms with E-state index in [1.54, 1.807) is 11.3 Å². The number of carbonyl (C=O) groups excluding carboxylic acids is 1. The first-order valence-electron chi connectivity index (χ1n) is 9.98. The lowest BCUT2D eigenvalue weighted by atomic mass is 9.97. The number of hydrogen-bond donors (Lipinski definition) is 1. The zero-order valence-corrected chi connectivity index (χ0v) is 18.1. The van der Waals surface area contributed by atoms with Crippen LogP contribution in [0.25, 0.3) is 10.2 Å². The molecule has 0 spiro atoms. The number of amides is 1. The molecular weight excluding hydrogens is 378 g/mol. The van der Waals surface area contributed by atoms with Gasteiger partial charge in [0, 0.05) is 17.5 Å². The summed E-state index contributed by atoms with van der Waals surface area (Å²) in [5, 5.41) is 4.42. The Morgan fingerprint density at radius 2 is 2.07 bits per heavy atom. The van der Waals surface area contributed by atoms with Crippen LogP contribution in [0.2, 0.25) is 0 Å². The van der Waals surface area contributed by atoms with E-state index in [4.69, 9.17) is 4.98 Å². The lowest BCUT2D eigenvalue weighted by Crippen LogP contribution is -2.32. The summed E-state index contributed by atoms with van der Waals surface area (Å²) in [7, 11) is 0. The van der Waals surface area contributed by atoms with Crippen LogP contribution in [0.3, 0.4) is 0 Å². The van der Waals surface area contributed by atoms with Crippen molar-refractivity contribution in [1.82, 2.24) is 14.9 Å². The van der Waals surface area contributed by atoms with E-state index >= 15 is 0 Å². The second kappa shape index (κ2) is 9.24. The SMILES string of the molecule is CCCCCn1c(SCC(=O)NC(C)C)nc2sc3c(c2c1=O)CCCC3. The topological polar surface area (TPSA) is 64.0 Å². The van der Waals surface area contributed by atoms with E-state index in [1.807, 2.05) is 18.4 Å². The van der Waals surface area contributed by atoms with Gasteiger partial charge in [-0.15, -0.1) is 11.3 Å². The Morgan fingerprint density at radius 1 is 1.30 bits per heavy atom. The van der Waals surface area contributed by atoms with Crippen LogP contribution in [0.4, 0.5) is 0 Å². The number of fused-ring (bicyclic) bond motifs is 3. The molecule has 148 valence electrons. The monoisotopic (exact) mass is 407 g/mol. The van der Waals surface area contributed by atoms with Gasteiger partial charge in [-0.05, 0) is 51.5 Å². The average Bonchev–Trinajstić information content (AvgIpc) is 3.00. The lowest BCUT2D eigenvalue weighted by molar-refractivity contribution is -0.119. The van der Waals surface area contributed by atoms with Crippen molar-refractivity contribution in [3.63, 3.8) is 0 Å². The van der Waals surface area contributed by atoms with Gasteiger partial charge in [-0.25, -0.2) is 4.98 Å². The molecule has 0 atom stereocenters. The molecule has 2 heterocycles. The number of aryl methyl sites for hydroxylation is 2. The van der Waals surface area contributed by atoms with Crippen molar-refractivity contribution in [3.8, 4) is 0 Å². The van der Waals surface area contributed by atoms with E-state index in [9.17, 15) is 9.59 Å². The quantitative estimate of drug-likeness (QED) is 0.406. The average molecular weight is 408 g/mol. The number of nitrogens with one attached hydrogen (secondary N) is 1. The zero-order chi connectivity index (χ0) is 19.4. The van der Waals surface area contributed by atoms with Crippen LogP contribution in [0.1, 0.15) is 63.3 Å². The van der Waals surface area contributed by atoms with Gasteiger partial charge in [0.15, 0.2) is 5.16 Å². The first-order valence-corrected chi connectivity index (χ1v) is 11.8. The molecule has 0 aromatic carbocycles. The molecule has 2 aromatic heterocycles. The summed E-state index contributed by atoms with van der Waals surface area (Å²) in [5.41, 5.74) is 1.32. The molecule has 1 aliphatic rings. The standard InChI is InChI=1S/C20H29N3O2S2/c1-4-5-8-11-23-19(25)17-14-9-6-7-10-15(14)27-18(17)22-20(23)26-12-16(24)21-13(2)3/h13H,4-12H2,1-3H3,(H,21,24). The van der Waals surface area contributed by atoms with Crippen molar-refractivity contribution in [2.24, 2.45) is 0 Å². The van der Waals surface area contributed by atoms with Crippen molar-refractivity contribution in [2.75, 3.05) is 5.75 Å². The van der Waals surface area contributed by atoms with Gasteiger partial charge in [0.25, 0.3) is 5.56 Å². The highest BCUT2D eigenvalue weighted by Crippen LogP contribution is 2.34. The number of hydrogen-bond acceptors (Lipinski definition) is 5. The third kappa shape index (κ3) is 4.74. The van der Waals surface area contributed by atoms with E-state index in [2.05, 4.69) is 12.2 Å². The van der Waals surface area contributed by atoms with Crippen molar-refractivity contribution in [2.45, 2.75) is 83.5 Å². The van der Waals surface area contributed by atoms with Crippen LogP contribution >= 0.6 is 23.1 Å². The molecule has 5 nitrogen and oxygen atoms in total. The van der Waals surface area contributed by atoms with Gasteiger partial charge in [-0.2, -0.15) is 0 Å². The molecule has 0 aliphatic heterocycles. The van der Waals surface area contributed by atoms with Crippen LogP contribution in [0.5, 0.6) is 0 Å². The van der Waals surface area contributed by atoms with Gasteiger partial charge in [-0.3, -0.25) is 14.2 Å². The van der Waals surface area contributed by atoms with Crippen LogP contribution in [-0.4, -0.2) is 27.3 Å². The molecule has 0 fully saturated rings. The molecule has 27 heavy (non-hydrogen) atoms. The van der Waals surface area contributed by atoms with Gasteiger partial charge in [0.2, 0.25) is 5.91 Å². The third-order valence-electron chi connectivity index (χ3n) is 4.81. The highest BCUT2D eigenvalue weighted by atomic mass is 32.2. The van der Waals surface area contributed by atoms with E-state index in [0.717, 1.165) is 48.7 Å². The fourth-order valence-electron chi connectivity index (χ4n) is 3.54. The number of nitrogens with zero attached hydrogens (tertiary/aromatic N) is 2. The minimum absolute atomic E-state index is 0.0186. The maximum absolute atomic E-state index is 13.3. The van der Waals surface area contributed by atoms with E-state index in [1.165, 1.54) is 28.6 Å².